The molecule has 0 saturated carbocycles. The average molecular weight is 398 g/mol. The molecule has 3 aromatic rings. The number of sulfonamides is 1. The number of para-hydroxylation sites is 1. The van der Waals surface area contributed by atoms with Crippen molar-refractivity contribution in [1.82, 2.24) is 14.7 Å². The van der Waals surface area contributed by atoms with Gasteiger partial charge >= 0.3 is 0 Å². The standard InChI is InChI=1S/C20H22N4O3S/c1-15-12-16-4-2-6-18(19(16)22-13-15)28(25,26)23-14-17-5-3-7-21-20(17)24-8-10-27-11-9-24/h2-7,12-13,23H,8-11,14H2,1H3. The highest BCUT2D eigenvalue weighted by atomic mass is 32.2. The molecule has 4 rings (SSSR count). The first-order valence-electron chi connectivity index (χ1n) is 9.16. The molecule has 0 unspecified atom stereocenters. The Morgan fingerprint density at radius 1 is 1.14 bits per heavy atom. The van der Waals surface area contributed by atoms with E-state index in [2.05, 4.69) is 19.6 Å². The van der Waals surface area contributed by atoms with Crippen LogP contribution < -0.4 is 9.62 Å². The second-order valence-electron chi connectivity index (χ2n) is 6.75. The first-order chi connectivity index (χ1) is 13.5. The van der Waals surface area contributed by atoms with Crippen molar-refractivity contribution in [2.24, 2.45) is 0 Å². The van der Waals surface area contributed by atoms with Crippen LogP contribution in [0.1, 0.15) is 11.1 Å². The number of aromatic nitrogens is 2. The highest BCUT2D eigenvalue weighted by molar-refractivity contribution is 7.89. The van der Waals surface area contributed by atoms with Gasteiger partial charge in [0.25, 0.3) is 0 Å². The zero-order chi connectivity index (χ0) is 19.6. The summed E-state index contributed by atoms with van der Waals surface area (Å²) in [5, 5.41) is 0.804. The number of fused-ring (bicyclic) bond motifs is 1. The number of nitrogens with one attached hydrogen (secondary N) is 1. The summed E-state index contributed by atoms with van der Waals surface area (Å²) in [6, 6.07) is 10.8. The van der Waals surface area contributed by atoms with Crippen LogP contribution in [-0.4, -0.2) is 44.7 Å². The van der Waals surface area contributed by atoms with E-state index in [-0.39, 0.29) is 11.4 Å². The van der Waals surface area contributed by atoms with Crippen molar-refractivity contribution < 1.29 is 13.2 Å². The summed E-state index contributed by atoms with van der Waals surface area (Å²) in [6.45, 7) is 4.85. The van der Waals surface area contributed by atoms with Gasteiger partial charge in [0.15, 0.2) is 0 Å². The molecule has 1 N–H and O–H groups in total. The van der Waals surface area contributed by atoms with Gasteiger partial charge in [-0.3, -0.25) is 4.98 Å². The van der Waals surface area contributed by atoms with Crippen LogP contribution in [0.5, 0.6) is 0 Å². The number of hydrogen-bond donors (Lipinski definition) is 1. The molecule has 0 aliphatic carbocycles. The number of benzene rings is 1. The van der Waals surface area contributed by atoms with Crippen LogP contribution in [0.2, 0.25) is 0 Å². The number of pyridine rings is 2. The highest BCUT2D eigenvalue weighted by Crippen LogP contribution is 2.23. The number of morpholine rings is 1. The molecule has 0 atom stereocenters. The molecule has 1 fully saturated rings. The third-order valence-electron chi connectivity index (χ3n) is 4.73. The van der Waals surface area contributed by atoms with Gasteiger partial charge in [-0.15, -0.1) is 0 Å². The van der Waals surface area contributed by atoms with Gasteiger partial charge in [-0.25, -0.2) is 18.1 Å². The van der Waals surface area contributed by atoms with Gasteiger partial charge in [-0.1, -0.05) is 18.2 Å². The second-order valence-corrected chi connectivity index (χ2v) is 8.49. The van der Waals surface area contributed by atoms with Crippen molar-refractivity contribution in [3.05, 3.63) is 59.9 Å². The van der Waals surface area contributed by atoms with E-state index < -0.39 is 10.0 Å². The Morgan fingerprint density at radius 3 is 2.79 bits per heavy atom. The Labute approximate surface area is 164 Å². The number of ether oxygens (including phenoxy) is 1. The molecule has 1 aliphatic heterocycles. The van der Waals surface area contributed by atoms with E-state index in [4.69, 9.17) is 4.74 Å². The molecule has 0 radical (unpaired) electrons. The summed E-state index contributed by atoms with van der Waals surface area (Å²) < 4.78 is 34.1. The molecule has 1 aromatic carbocycles. The third kappa shape index (κ3) is 3.84. The molecule has 0 bridgehead atoms. The van der Waals surface area contributed by atoms with Gasteiger partial charge in [-0.05, 0) is 30.7 Å². The fourth-order valence-corrected chi connectivity index (χ4v) is 4.52. The monoisotopic (exact) mass is 398 g/mol. The number of aryl methyl sites for hydroxylation is 1. The van der Waals surface area contributed by atoms with Crippen LogP contribution in [0.4, 0.5) is 5.82 Å². The minimum Gasteiger partial charge on any atom is -0.378 e. The van der Waals surface area contributed by atoms with Crippen molar-refractivity contribution in [3.63, 3.8) is 0 Å². The number of anilines is 1. The van der Waals surface area contributed by atoms with E-state index in [1.165, 1.54) is 0 Å². The van der Waals surface area contributed by atoms with E-state index in [1.807, 2.05) is 31.2 Å². The fourth-order valence-electron chi connectivity index (χ4n) is 3.34. The van der Waals surface area contributed by atoms with Gasteiger partial charge in [0.2, 0.25) is 10.0 Å². The first kappa shape index (κ1) is 18.8. The Kier molecular flexibility index (Phi) is 5.25. The molecule has 8 heteroatoms. The summed E-state index contributed by atoms with van der Waals surface area (Å²) in [5.41, 5.74) is 2.29. The first-order valence-corrected chi connectivity index (χ1v) is 10.6. The Bertz CT molecular complexity index is 1100. The maximum absolute atomic E-state index is 13.0. The predicted octanol–water partition coefficient (Wildman–Crippen LogP) is 2.25. The van der Waals surface area contributed by atoms with Crippen LogP contribution in [0.3, 0.4) is 0 Å². The summed E-state index contributed by atoms with van der Waals surface area (Å²) in [6.07, 6.45) is 3.40. The maximum atomic E-state index is 13.0. The van der Waals surface area contributed by atoms with Crippen molar-refractivity contribution >= 4 is 26.7 Å². The van der Waals surface area contributed by atoms with E-state index in [1.54, 1.807) is 24.5 Å². The Morgan fingerprint density at radius 2 is 1.96 bits per heavy atom. The smallest absolute Gasteiger partial charge is 0.243 e. The minimum absolute atomic E-state index is 0.158. The molecule has 2 aromatic heterocycles. The second kappa shape index (κ2) is 7.83. The molecule has 0 spiro atoms. The summed E-state index contributed by atoms with van der Waals surface area (Å²) in [4.78, 5) is 11.1. The average Bonchev–Trinajstić information content (AvgIpc) is 2.72. The largest absolute Gasteiger partial charge is 0.378 e. The molecule has 1 aliphatic rings. The van der Waals surface area contributed by atoms with Gasteiger partial charge in [0.1, 0.15) is 10.7 Å². The molecule has 0 amide bonds. The quantitative estimate of drug-likeness (QED) is 0.710. The van der Waals surface area contributed by atoms with Crippen molar-refractivity contribution in [2.45, 2.75) is 18.4 Å². The van der Waals surface area contributed by atoms with Crippen LogP contribution in [0.15, 0.2) is 53.7 Å². The van der Waals surface area contributed by atoms with E-state index in [0.717, 1.165) is 35.4 Å². The van der Waals surface area contributed by atoms with Gasteiger partial charge in [0.05, 0.1) is 18.7 Å². The predicted molar refractivity (Wildman–Crippen MR) is 108 cm³/mol. The molecule has 146 valence electrons. The zero-order valence-electron chi connectivity index (χ0n) is 15.6. The third-order valence-corrected chi connectivity index (χ3v) is 6.16. The maximum Gasteiger partial charge on any atom is 0.243 e. The molecule has 7 nitrogen and oxygen atoms in total. The Hall–Kier alpha value is -2.55. The lowest BCUT2D eigenvalue weighted by molar-refractivity contribution is 0.122. The van der Waals surface area contributed by atoms with Gasteiger partial charge < -0.3 is 9.64 Å². The molecular formula is C20H22N4O3S. The van der Waals surface area contributed by atoms with Crippen LogP contribution >= 0.6 is 0 Å². The van der Waals surface area contributed by atoms with Crippen LogP contribution in [0.25, 0.3) is 10.9 Å². The van der Waals surface area contributed by atoms with Crippen LogP contribution in [0, 0.1) is 6.92 Å². The fraction of sp³-hybridized carbons (Fsp3) is 0.300. The Balaban J connectivity index is 1.60. The SMILES string of the molecule is Cc1cnc2c(S(=O)(=O)NCc3cccnc3N3CCOCC3)cccc2c1. The van der Waals surface area contributed by atoms with Gasteiger partial charge in [0, 0.05) is 43.0 Å². The molecule has 3 heterocycles. The lowest BCUT2D eigenvalue weighted by Gasteiger charge is -2.29. The highest BCUT2D eigenvalue weighted by Gasteiger charge is 2.20. The summed E-state index contributed by atoms with van der Waals surface area (Å²) in [5.74, 6) is 0.792. The summed E-state index contributed by atoms with van der Waals surface area (Å²) >= 11 is 0. The molecule has 1 saturated heterocycles. The minimum atomic E-state index is -3.73. The van der Waals surface area contributed by atoms with E-state index in [9.17, 15) is 8.42 Å². The number of rotatable bonds is 5. The van der Waals surface area contributed by atoms with Crippen molar-refractivity contribution in [1.29, 1.82) is 0 Å². The van der Waals surface area contributed by atoms with Crippen LogP contribution in [-0.2, 0) is 21.3 Å². The molecule has 28 heavy (non-hydrogen) atoms. The number of hydrogen-bond acceptors (Lipinski definition) is 6. The lowest BCUT2D eigenvalue weighted by atomic mass is 10.2. The van der Waals surface area contributed by atoms with Gasteiger partial charge in [-0.2, -0.15) is 0 Å². The van der Waals surface area contributed by atoms with Crippen molar-refractivity contribution in [3.8, 4) is 0 Å². The van der Waals surface area contributed by atoms with Crippen molar-refractivity contribution in [2.75, 3.05) is 31.2 Å². The zero-order valence-corrected chi connectivity index (χ0v) is 16.4. The lowest BCUT2D eigenvalue weighted by Crippen LogP contribution is -2.37. The summed E-state index contributed by atoms with van der Waals surface area (Å²) in [7, 11) is -3.73. The topological polar surface area (TPSA) is 84.4 Å². The number of nitrogens with zero attached hydrogens (tertiary/aromatic N) is 3. The normalized spacial score (nSPS) is 15.1. The molecular weight excluding hydrogens is 376 g/mol. The van der Waals surface area contributed by atoms with E-state index >= 15 is 0 Å². The van der Waals surface area contributed by atoms with E-state index in [0.29, 0.717) is 18.7 Å².